The highest BCUT2D eigenvalue weighted by molar-refractivity contribution is 5.95. The van der Waals surface area contributed by atoms with Crippen LogP contribution in [0.4, 0.5) is 0 Å². The van der Waals surface area contributed by atoms with Crippen LogP contribution in [0.5, 0.6) is 0 Å². The number of Topliss-reactive ketones (excluding diaryl/α,β-unsaturated/α-hetero) is 1. The Kier molecular flexibility index (Phi) is 5.61. The fraction of sp³-hybridized carbons (Fsp3) is 0.800. The van der Waals surface area contributed by atoms with E-state index in [0.29, 0.717) is 23.7 Å². The molecule has 0 aromatic rings. The maximum Gasteiger partial charge on any atom is 0.306 e. The number of carboxylic acid groups (broad SMARTS) is 1. The summed E-state index contributed by atoms with van der Waals surface area (Å²) in [5, 5.41) is 8.77. The van der Waals surface area contributed by atoms with Crippen molar-refractivity contribution in [3.05, 3.63) is 11.6 Å². The first kappa shape index (κ1) is 21.6. The Labute approximate surface area is 179 Å². The van der Waals surface area contributed by atoms with Gasteiger partial charge >= 0.3 is 11.9 Å². The molecule has 166 valence electrons. The van der Waals surface area contributed by atoms with E-state index in [2.05, 4.69) is 19.9 Å². The number of ether oxygens (including phenoxy) is 1. The Morgan fingerprint density at radius 2 is 1.83 bits per heavy atom. The molecule has 1 N–H and O–H groups in total. The van der Waals surface area contributed by atoms with Gasteiger partial charge < -0.3 is 9.84 Å². The van der Waals surface area contributed by atoms with Crippen molar-refractivity contribution in [1.82, 2.24) is 0 Å². The Bertz CT molecular complexity index is 770. The molecule has 0 aliphatic heterocycles. The summed E-state index contributed by atoms with van der Waals surface area (Å²) in [4.78, 5) is 34.9. The SMILES string of the molecule is CC(=O)C1=CCC2C3CCC4CC(OC(=O)CCC(=O)O)CCC4(C)C3CCC12C. The van der Waals surface area contributed by atoms with E-state index in [-0.39, 0.29) is 41.5 Å². The number of esters is 1. The summed E-state index contributed by atoms with van der Waals surface area (Å²) in [7, 11) is 0. The van der Waals surface area contributed by atoms with E-state index in [1.807, 2.05) is 0 Å². The summed E-state index contributed by atoms with van der Waals surface area (Å²) in [6.07, 6.45) is 10.6. The average molecular weight is 417 g/mol. The number of hydrogen-bond acceptors (Lipinski definition) is 4. The number of ketones is 1. The fourth-order valence-electron chi connectivity index (χ4n) is 7.89. The number of carboxylic acids is 1. The predicted molar refractivity (Wildman–Crippen MR) is 113 cm³/mol. The minimum Gasteiger partial charge on any atom is -0.481 e. The highest BCUT2D eigenvalue weighted by Gasteiger charge is 2.59. The van der Waals surface area contributed by atoms with Gasteiger partial charge in [0.1, 0.15) is 6.10 Å². The normalized spacial score (nSPS) is 42.4. The molecule has 7 atom stereocenters. The van der Waals surface area contributed by atoms with E-state index in [0.717, 1.165) is 37.7 Å². The van der Waals surface area contributed by atoms with Crippen molar-refractivity contribution in [2.45, 2.75) is 91.1 Å². The fourth-order valence-corrected chi connectivity index (χ4v) is 7.89. The first-order valence-electron chi connectivity index (χ1n) is 11.8. The predicted octanol–water partition coefficient (Wildman–Crippen LogP) is 4.93. The van der Waals surface area contributed by atoms with Crippen LogP contribution in [-0.4, -0.2) is 28.9 Å². The van der Waals surface area contributed by atoms with Gasteiger partial charge in [0.15, 0.2) is 5.78 Å². The van der Waals surface area contributed by atoms with Crippen LogP contribution in [0.25, 0.3) is 0 Å². The van der Waals surface area contributed by atoms with Crippen molar-refractivity contribution in [3.8, 4) is 0 Å². The third-order valence-electron chi connectivity index (χ3n) is 9.42. The largest absolute Gasteiger partial charge is 0.481 e. The number of carbonyl (C=O) groups is 3. The van der Waals surface area contributed by atoms with E-state index in [4.69, 9.17) is 9.84 Å². The van der Waals surface area contributed by atoms with Gasteiger partial charge in [-0.25, -0.2) is 0 Å². The number of allylic oxidation sites excluding steroid dienone is 2. The van der Waals surface area contributed by atoms with Crippen LogP contribution in [0.1, 0.15) is 85.0 Å². The van der Waals surface area contributed by atoms with Gasteiger partial charge in [-0.2, -0.15) is 0 Å². The zero-order valence-corrected chi connectivity index (χ0v) is 18.6. The van der Waals surface area contributed by atoms with E-state index >= 15 is 0 Å². The van der Waals surface area contributed by atoms with Crippen molar-refractivity contribution in [1.29, 1.82) is 0 Å². The van der Waals surface area contributed by atoms with Crippen LogP contribution in [-0.2, 0) is 19.1 Å². The molecule has 3 fully saturated rings. The second-order valence-corrected chi connectivity index (χ2v) is 10.8. The molecule has 0 aromatic carbocycles. The molecule has 3 saturated carbocycles. The molecular weight excluding hydrogens is 380 g/mol. The lowest BCUT2D eigenvalue weighted by Gasteiger charge is -2.60. The van der Waals surface area contributed by atoms with E-state index < -0.39 is 5.97 Å². The third-order valence-corrected chi connectivity index (χ3v) is 9.42. The van der Waals surface area contributed by atoms with Crippen LogP contribution in [0.15, 0.2) is 11.6 Å². The molecule has 0 heterocycles. The van der Waals surface area contributed by atoms with E-state index in [1.165, 1.54) is 19.3 Å². The third kappa shape index (κ3) is 3.52. The lowest BCUT2D eigenvalue weighted by molar-refractivity contribution is -0.162. The maximum absolute atomic E-state index is 12.2. The Balaban J connectivity index is 1.42. The van der Waals surface area contributed by atoms with Gasteiger partial charge in [0.2, 0.25) is 0 Å². The van der Waals surface area contributed by atoms with Crippen molar-refractivity contribution in [3.63, 3.8) is 0 Å². The standard InChI is InChI=1S/C25H36O5/c1-15(26)19-6-7-20-18-5-4-16-14-17(30-23(29)9-8-22(27)28)10-12-24(16,2)21(18)11-13-25(19,20)3/h6,16-18,20-21H,4-5,7-14H2,1-3H3,(H,27,28). The van der Waals surface area contributed by atoms with Crippen molar-refractivity contribution >= 4 is 17.7 Å². The molecule has 0 aromatic heterocycles. The molecule has 4 aliphatic carbocycles. The van der Waals surface area contributed by atoms with Crippen LogP contribution >= 0.6 is 0 Å². The van der Waals surface area contributed by atoms with Gasteiger partial charge in [-0.05, 0) is 98.4 Å². The first-order valence-corrected chi connectivity index (χ1v) is 11.8. The smallest absolute Gasteiger partial charge is 0.306 e. The first-order chi connectivity index (χ1) is 14.1. The highest BCUT2D eigenvalue weighted by Crippen LogP contribution is 2.66. The molecule has 7 unspecified atom stereocenters. The summed E-state index contributed by atoms with van der Waals surface area (Å²) >= 11 is 0. The van der Waals surface area contributed by atoms with Crippen LogP contribution < -0.4 is 0 Å². The van der Waals surface area contributed by atoms with Crippen molar-refractivity contribution < 1.29 is 24.2 Å². The summed E-state index contributed by atoms with van der Waals surface area (Å²) in [5.41, 5.74) is 1.43. The number of fused-ring (bicyclic) bond motifs is 5. The van der Waals surface area contributed by atoms with Gasteiger partial charge in [0.25, 0.3) is 0 Å². The lowest BCUT2D eigenvalue weighted by Crippen LogP contribution is -2.54. The molecule has 5 heteroatoms. The topological polar surface area (TPSA) is 80.7 Å². The molecule has 4 aliphatic rings. The molecule has 4 rings (SSSR count). The number of rotatable bonds is 5. The van der Waals surface area contributed by atoms with Gasteiger partial charge in [0, 0.05) is 0 Å². The zero-order chi connectivity index (χ0) is 21.7. The minimum atomic E-state index is -0.958. The Morgan fingerprint density at radius 3 is 2.53 bits per heavy atom. The maximum atomic E-state index is 12.2. The molecule has 5 nitrogen and oxygen atoms in total. The van der Waals surface area contributed by atoms with Gasteiger partial charge in [-0.3, -0.25) is 14.4 Å². The average Bonchev–Trinajstić information content (AvgIpc) is 3.04. The molecular formula is C25H36O5. The summed E-state index contributed by atoms with van der Waals surface area (Å²) in [6.45, 7) is 6.52. The van der Waals surface area contributed by atoms with Crippen LogP contribution in [0, 0.1) is 34.5 Å². The second-order valence-electron chi connectivity index (χ2n) is 10.8. The minimum absolute atomic E-state index is 0.0375. The zero-order valence-electron chi connectivity index (χ0n) is 18.6. The van der Waals surface area contributed by atoms with Crippen molar-refractivity contribution in [2.24, 2.45) is 34.5 Å². The van der Waals surface area contributed by atoms with E-state index in [9.17, 15) is 14.4 Å². The number of carbonyl (C=O) groups excluding carboxylic acids is 2. The quantitative estimate of drug-likeness (QED) is 0.643. The van der Waals surface area contributed by atoms with Gasteiger partial charge in [-0.15, -0.1) is 0 Å². The summed E-state index contributed by atoms with van der Waals surface area (Å²) < 4.78 is 5.65. The summed E-state index contributed by atoms with van der Waals surface area (Å²) in [6, 6.07) is 0. The van der Waals surface area contributed by atoms with Crippen LogP contribution in [0.2, 0.25) is 0 Å². The van der Waals surface area contributed by atoms with Crippen molar-refractivity contribution in [2.75, 3.05) is 0 Å². The lowest BCUT2D eigenvalue weighted by atomic mass is 9.44. The molecule has 0 bridgehead atoms. The summed E-state index contributed by atoms with van der Waals surface area (Å²) in [5.74, 6) is 1.46. The second kappa shape index (κ2) is 7.80. The van der Waals surface area contributed by atoms with Gasteiger partial charge in [-0.1, -0.05) is 19.9 Å². The molecule has 0 amide bonds. The Hall–Kier alpha value is -1.65. The number of aliphatic carboxylic acids is 1. The number of hydrogen-bond donors (Lipinski definition) is 1. The monoisotopic (exact) mass is 416 g/mol. The Morgan fingerprint density at radius 1 is 1.07 bits per heavy atom. The molecule has 0 spiro atoms. The molecule has 0 saturated heterocycles. The van der Waals surface area contributed by atoms with E-state index in [1.54, 1.807) is 6.92 Å². The molecule has 0 radical (unpaired) electrons. The highest BCUT2D eigenvalue weighted by atomic mass is 16.5. The molecule has 30 heavy (non-hydrogen) atoms. The van der Waals surface area contributed by atoms with Gasteiger partial charge in [0.05, 0.1) is 12.8 Å². The van der Waals surface area contributed by atoms with Crippen LogP contribution in [0.3, 0.4) is 0 Å².